The van der Waals surface area contributed by atoms with Crippen molar-refractivity contribution < 1.29 is 17.9 Å². The Hall–Kier alpha value is -2.42. The van der Waals surface area contributed by atoms with E-state index >= 15 is 0 Å². The summed E-state index contributed by atoms with van der Waals surface area (Å²) in [5.41, 5.74) is 3.96. The normalized spacial score (nSPS) is 17.7. The van der Waals surface area contributed by atoms with Gasteiger partial charge in [0, 0.05) is 31.7 Å². The zero-order valence-corrected chi connectivity index (χ0v) is 18.9. The number of sulfonamides is 1. The topological polar surface area (TPSA) is 79.0 Å². The van der Waals surface area contributed by atoms with Crippen LogP contribution in [-0.2, 0) is 14.8 Å². The Morgan fingerprint density at radius 2 is 1.58 bits per heavy atom. The first-order chi connectivity index (χ1) is 14.8. The van der Waals surface area contributed by atoms with Gasteiger partial charge in [0.25, 0.3) is 5.91 Å². The first-order valence-electron chi connectivity index (χ1n) is 10.7. The summed E-state index contributed by atoms with van der Waals surface area (Å²) in [6.07, 6.45) is 2.16. The number of nitrogens with one attached hydrogen (secondary N) is 1. The highest BCUT2D eigenvalue weighted by molar-refractivity contribution is 7.89. The van der Waals surface area contributed by atoms with Crippen molar-refractivity contribution in [2.24, 2.45) is 0 Å². The van der Waals surface area contributed by atoms with Gasteiger partial charge in [-0.2, -0.15) is 4.31 Å². The molecule has 0 bridgehead atoms. The van der Waals surface area contributed by atoms with E-state index in [4.69, 9.17) is 4.74 Å². The fourth-order valence-corrected chi connectivity index (χ4v) is 5.68. The second kappa shape index (κ2) is 8.98. The number of hydrogen-bond donors (Lipinski definition) is 1. The van der Waals surface area contributed by atoms with Crippen molar-refractivity contribution in [3.8, 4) is 0 Å². The molecule has 8 heteroatoms. The molecule has 2 saturated heterocycles. The molecule has 0 radical (unpaired) electrons. The summed E-state index contributed by atoms with van der Waals surface area (Å²) in [5.74, 6) is -0.242. The quantitative estimate of drug-likeness (QED) is 0.768. The number of rotatable bonds is 5. The summed E-state index contributed by atoms with van der Waals surface area (Å²) in [6, 6.07) is 10.8. The van der Waals surface area contributed by atoms with E-state index in [2.05, 4.69) is 10.2 Å². The standard InChI is InChI=1S/C23H29N3O4S/c1-17-13-18(2)15-19(14-17)23(27)24-21-16-20(5-6-22(21)25-7-3-4-8-25)31(28,29)26-9-11-30-12-10-26/h5-6,13-16H,3-4,7-12H2,1-2H3,(H,24,27). The van der Waals surface area contributed by atoms with Crippen molar-refractivity contribution in [1.82, 2.24) is 4.31 Å². The van der Waals surface area contributed by atoms with E-state index < -0.39 is 10.0 Å². The largest absolute Gasteiger partial charge is 0.379 e. The molecule has 0 aliphatic carbocycles. The van der Waals surface area contributed by atoms with E-state index in [0.29, 0.717) is 37.6 Å². The van der Waals surface area contributed by atoms with E-state index in [9.17, 15) is 13.2 Å². The first kappa shape index (κ1) is 21.8. The van der Waals surface area contributed by atoms with Gasteiger partial charge in [-0.25, -0.2) is 8.42 Å². The number of carbonyl (C=O) groups is 1. The minimum atomic E-state index is -3.66. The number of amides is 1. The van der Waals surface area contributed by atoms with Gasteiger partial charge >= 0.3 is 0 Å². The van der Waals surface area contributed by atoms with E-state index in [-0.39, 0.29) is 10.8 Å². The Bertz CT molecular complexity index is 1050. The minimum absolute atomic E-state index is 0.188. The highest BCUT2D eigenvalue weighted by atomic mass is 32.2. The van der Waals surface area contributed by atoms with Gasteiger partial charge < -0.3 is 15.0 Å². The SMILES string of the molecule is Cc1cc(C)cc(C(=O)Nc2cc(S(=O)(=O)N3CCOCC3)ccc2N2CCCC2)c1. The molecular weight excluding hydrogens is 414 g/mol. The van der Waals surface area contributed by atoms with Crippen molar-refractivity contribution in [3.63, 3.8) is 0 Å². The van der Waals surface area contributed by atoms with E-state index in [1.54, 1.807) is 12.1 Å². The molecule has 0 atom stereocenters. The molecule has 2 aliphatic rings. The molecule has 2 aliphatic heterocycles. The smallest absolute Gasteiger partial charge is 0.255 e. The summed E-state index contributed by atoms with van der Waals surface area (Å²) in [6.45, 7) is 7.14. The molecule has 1 amide bonds. The van der Waals surface area contributed by atoms with Crippen molar-refractivity contribution in [2.75, 3.05) is 49.6 Å². The third-order valence-corrected chi connectivity index (χ3v) is 7.65. The predicted molar refractivity (Wildman–Crippen MR) is 121 cm³/mol. The molecular formula is C23H29N3O4S. The Labute approximate surface area is 184 Å². The molecule has 0 saturated carbocycles. The van der Waals surface area contributed by atoms with Gasteiger partial charge in [0.15, 0.2) is 0 Å². The second-order valence-electron chi connectivity index (χ2n) is 8.22. The summed E-state index contributed by atoms with van der Waals surface area (Å²) in [5, 5.41) is 2.99. The second-order valence-corrected chi connectivity index (χ2v) is 10.2. The summed E-state index contributed by atoms with van der Waals surface area (Å²) in [4.78, 5) is 15.4. The maximum absolute atomic E-state index is 13.2. The molecule has 4 rings (SSSR count). The van der Waals surface area contributed by atoms with Crippen molar-refractivity contribution in [3.05, 3.63) is 53.1 Å². The number of ether oxygens (including phenoxy) is 1. The third kappa shape index (κ3) is 4.76. The number of hydrogen-bond acceptors (Lipinski definition) is 5. The molecule has 2 aromatic carbocycles. The van der Waals surface area contributed by atoms with Gasteiger partial charge in [-0.05, 0) is 57.0 Å². The van der Waals surface area contributed by atoms with E-state index in [1.807, 2.05) is 38.1 Å². The zero-order valence-electron chi connectivity index (χ0n) is 18.1. The molecule has 7 nitrogen and oxygen atoms in total. The van der Waals surface area contributed by atoms with Crippen molar-refractivity contribution >= 4 is 27.3 Å². The lowest BCUT2D eigenvalue weighted by Gasteiger charge is -2.27. The molecule has 166 valence electrons. The lowest BCUT2D eigenvalue weighted by atomic mass is 10.1. The average molecular weight is 444 g/mol. The Balaban J connectivity index is 1.69. The molecule has 0 spiro atoms. The number of nitrogens with zero attached hydrogens (tertiary/aromatic N) is 2. The lowest BCUT2D eigenvalue weighted by molar-refractivity contribution is 0.0730. The molecule has 2 aromatic rings. The molecule has 0 unspecified atom stereocenters. The van der Waals surface area contributed by atoms with Gasteiger partial charge in [0.1, 0.15) is 0 Å². The number of carbonyl (C=O) groups excluding carboxylic acids is 1. The number of anilines is 2. The lowest BCUT2D eigenvalue weighted by Crippen LogP contribution is -2.40. The fraction of sp³-hybridized carbons (Fsp3) is 0.435. The maximum atomic E-state index is 13.2. The van der Waals surface area contributed by atoms with Gasteiger partial charge in [0.05, 0.1) is 29.5 Å². The van der Waals surface area contributed by atoms with Crippen LogP contribution in [0.25, 0.3) is 0 Å². The van der Waals surface area contributed by atoms with Crippen LogP contribution in [0.3, 0.4) is 0 Å². The van der Waals surface area contributed by atoms with E-state index in [1.165, 1.54) is 4.31 Å². The van der Waals surface area contributed by atoms with Gasteiger partial charge in [-0.1, -0.05) is 17.2 Å². The number of benzene rings is 2. The van der Waals surface area contributed by atoms with Crippen LogP contribution in [0.2, 0.25) is 0 Å². The van der Waals surface area contributed by atoms with Crippen LogP contribution in [0.5, 0.6) is 0 Å². The molecule has 1 N–H and O–H groups in total. The predicted octanol–water partition coefficient (Wildman–Crippen LogP) is 3.18. The molecule has 31 heavy (non-hydrogen) atoms. The highest BCUT2D eigenvalue weighted by Gasteiger charge is 2.28. The number of aryl methyl sites for hydroxylation is 2. The van der Waals surface area contributed by atoms with Gasteiger partial charge in [0.2, 0.25) is 10.0 Å². The zero-order chi connectivity index (χ0) is 22.0. The van der Waals surface area contributed by atoms with Gasteiger partial charge in [-0.3, -0.25) is 4.79 Å². The summed E-state index contributed by atoms with van der Waals surface area (Å²) in [7, 11) is -3.66. The summed E-state index contributed by atoms with van der Waals surface area (Å²) < 4.78 is 33.1. The Kier molecular flexibility index (Phi) is 6.31. The van der Waals surface area contributed by atoms with Crippen LogP contribution in [-0.4, -0.2) is 58.0 Å². The third-order valence-electron chi connectivity index (χ3n) is 5.75. The monoisotopic (exact) mass is 443 g/mol. The molecule has 2 fully saturated rings. The van der Waals surface area contributed by atoms with Gasteiger partial charge in [-0.15, -0.1) is 0 Å². The Morgan fingerprint density at radius 1 is 0.935 bits per heavy atom. The molecule has 2 heterocycles. The fourth-order valence-electron chi connectivity index (χ4n) is 4.25. The van der Waals surface area contributed by atoms with Crippen LogP contribution in [0.15, 0.2) is 41.3 Å². The van der Waals surface area contributed by atoms with Crippen LogP contribution in [0.4, 0.5) is 11.4 Å². The van der Waals surface area contributed by atoms with E-state index in [0.717, 1.165) is 42.7 Å². The summed E-state index contributed by atoms with van der Waals surface area (Å²) >= 11 is 0. The number of morpholine rings is 1. The van der Waals surface area contributed by atoms with Crippen molar-refractivity contribution in [2.45, 2.75) is 31.6 Å². The van der Waals surface area contributed by atoms with Crippen LogP contribution in [0, 0.1) is 13.8 Å². The maximum Gasteiger partial charge on any atom is 0.255 e. The first-order valence-corrected chi connectivity index (χ1v) is 12.2. The highest BCUT2D eigenvalue weighted by Crippen LogP contribution is 2.33. The molecule has 0 aromatic heterocycles. The van der Waals surface area contributed by atoms with Crippen LogP contribution < -0.4 is 10.2 Å². The van der Waals surface area contributed by atoms with Crippen molar-refractivity contribution in [1.29, 1.82) is 0 Å². The van der Waals surface area contributed by atoms with Crippen LogP contribution in [0.1, 0.15) is 34.3 Å². The Morgan fingerprint density at radius 3 is 2.23 bits per heavy atom. The average Bonchev–Trinajstić information content (AvgIpc) is 3.28. The van der Waals surface area contributed by atoms with Crippen LogP contribution >= 0.6 is 0 Å². The minimum Gasteiger partial charge on any atom is -0.379 e.